The molecular weight excluding hydrogens is 358 g/mol. The van der Waals surface area contributed by atoms with Gasteiger partial charge in [0.25, 0.3) is 0 Å². The number of amides is 1. The number of aliphatic hydroxyl groups is 1. The highest BCUT2D eigenvalue weighted by Gasteiger charge is 2.14. The van der Waals surface area contributed by atoms with Crippen LogP contribution in [0.4, 0.5) is 5.69 Å². The molecule has 0 bridgehead atoms. The molecule has 146 valence electrons. The van der Waals surface area contributed by atoms with Crippen LogP contribution in [-0.4, -0.2) is 18.1 Å². The molecule has 6 heteroatoms. The standard InChI is InChI=1S/C22H23NO5/c1-13-18-8-7-17(27-3)12-20(18)28-22(26)19(13)9-10-21(25)23-16-6-4-5-15(11-16)14(2)24/h4-8,11-12,14,24H,9-10H2,1-3H3,(H,23,25)/t14-/m0/s1. The second kappa shape index (κ2) is 8.27. The van der Waals surface area contributed by atoms with Crippen molar-refractivity contribution in [1.82, 2.24) is 0 Å². The summed E-state index contributed by atoms with van der Waals surface area (Å²) in [7, 11) is 1.55. The van der Waals surface area contributed by atoms with E-state index in [1.807, 2.05) is 13.0 Å². The summed E-state index contributed by atoms with van der Waals surface area (Å²) in [5.74, 6) is 0.401. The van der Waals surface area contributed by atoms with Crippen LogP contribution in [0, 0.1) is 6.92 Å². The molecule has 2 aromatic carbocycles. The molecule has 1 amide bonds. The van der Waals surface area contributed by atoms with Crippen molar-refractivity contribution in [1.29, 1.82) is 0 Å². The van der Waals surface area contributed by atoms with Gasteiger partial charge < -0.3 is 19.6 Å². The molecule has 1 atom stereocenters. The lowest BCUT2D eigenvalue weighted by Crippen LogP contribution is -2.16. The molecule has 0 aliphatic heterocycles. The lowest BCUT2D eigenvalue weighted by Gasteiger charge is -2.10. The molecule has 0 aliphatic carbocycles. The number of hydrogen-bond acceptors (Lipinski definition) is 5. The van der Waals surface area contributed by atoms with Crippen LogP contribution in [0.15, 0.2) is 51.7 Å². The van der Waals surface area contributed by atoms with E-state index in [0.717, 1.165) is 16.5 Å². The largest absolute Gasteiger partial charge is 0.497 e. The monoisotopic (exact) mass is 381 g/mol. The summed E-state index contributed by atoms with van der Waals surface area (Å²) in [6, 6.07) is 12.4. The van der Waals surface area contributed by atoms with E-state index in [0.29, 0.717) is 22.6 Å². The van der Waals surface area contributed by atoms with Gasteiger partial charge in [-0.2, -0.15) is 0 Å². The lowest BCUT2D eigenvalue weighted by molar-refractivity contribution is -0.116. The topological polar surface area (TPSA) is 88.8 Å². The number of rotatable bonds is 6. The van der Waals surface area contributed by atoms with Gasteiger partial charge in [-0.3, -0.25) is 4.79 Å². The smallest absolute Gasteiger partial charge is 0.339 e. The normalized spacial score (nSPS) is 12.0. The maximum atomic E-state index is 12.4. The highest BCUT2D eigenvalue weighted by Crippen LogP contribution is 2.24. The van der Waals surface area contributed by atoms with Crippen molar-refractivity contribution in [3.63, 3.8) is 0 Å². The fourth-order valence-electron chi connectivity index (χ4n) is 3.13. The Labute approximate surface area is 162 Å². The van der Waals surface area contributed by atoms with E-state index in [1.54, 1.807) is 50.4 Å². The van der Waals surface area contributed by atoms with Crippen molar-refractivity contribution in [2.75, 3.05) is 12.4 Å². The molecule has 0 saturated heterocycles. The van der Waals surface area contributed by atoms with E-state index in [9.17, 15) is 14.7 Å². The van der Waals surface area contributed by atoms with Crippen molar-refractivity contribution < 1.29 is 19.1 Å². The number of aryl methyl sites for hydroxylation is 1. The van der Waals surface area contributed by atoms with Crippen molar-refractivity contribution in [3.8, 4) is 5.75 Å². The van der Waals surface area contributed by atoms with Crippen LogP contribution in [0.25, 0.3) is 11.0 Å². The first kappa shape index (κ1) is 19.6. The lowest BCUT2D eigenvalue weighted by atomic mass is 10.0. The van der Waals surface area contributed by atoms with Crippen LogP contribution in [-0.2, 0) is 11.2 Å². The maximum absolute atomic E-state index is 12.4. The summed E-state index contributed by atoms with van der Waals surface area (Å²) in [6.45, 7) is 3.52. The van der Waals surface area contributed by atoms with Crippen LogP contribution in [0.1, 0.15) is 36.1 Å². The van der Waals surface area contributed by atoms with Gasteiger partial charge in [0.2, 0.25) is 5.91 Å². The molecule has 0 fully saturated rings. The summed E-state index contributed by atoms with van der Waals surface area (Å²) >= 11 is 0. The highest BCUT2D eigenvalue weighted by molar-refractivity contribution is 5.91. The number of carbonyl (C=O) groups is 1. The summed E-state index contributed by atoms with van der Waals surface area (Å²) < 4.78 is 10.6. The predicted molar refractivity (Wildman–Crippen MR) is 108 cm³/mol. The van der Waals surface area contributed by atoms with Gasteiger partial charge >= 0.3 is 5.63 Å². The molecule has 3 aromatic rings. The minimum atomic E-state index is -0.611. The quantitative estimate of drug-likeness (QED) is 0.635. The van der Waals surface area contributed by atoms with E-state index in [2.05, 4.69) is 5.32 Å². The van der Waals surface area contributed by atoms with Gasteiger partial charge in [-0.15, -0.1) is 0 Å². The third-order valence-corrected chi connectivity index (χ3v) is 4.75. The van der Waals surface area contributed by atoms with Crippen molar-refractivity contribution in [2.45, 2.75) is 32.8 Å². The molecule has 1 heterocycles. The number of aliphatic hydroxyl groups excluding tert-OH is 1. The number of hydrogen-bond donors (Lipinski definition) is 2. The Kier molecular flexibility index (Phi) is 5.80. The Bertz CT molecular complexity index is 1070. The fourth-order valence-corrected chi connectivity index (χ4v) is 3.13. The number of anilines is 1. The third-order valence-electron chi connectivity index (χ3n) is 4.75. The molecule has 3 rings (SSSR count). The van der Waals surface area contributed by atoms with E-state index in [-0.39, 0.29) is 18.7 Å². The van der Waals surface area contributed by atoms with Crippen LogP contribution < -0.4 is 15.7 Å². The summed E-state index contributed by atoms with van der Waals surface area (Å²) in [4.78, 5) is 24.7. The molecule has 1 aromatic heterocycles. The van der Waals surface area contributed by atoms with Crippen molar-refractivity contribution in [2.24, 2.45) is 0 Å². The van der Waals surface area contributed by atoms with Crippen molar-refractivity contribution in [3.05, 3.63) is 69.6 Å². The Morgan fingerprint density at radius 2 is 2.04 bits per heavy atom. The van der Waals surface area contributed by atoms with Gasteiger partial charge in [-0.25, -0.2) is 4.79 Å². The summed E-state index contributed by atoms with van der Waals surface area (Å²) in [5.41, 5.74) is 2.65. The maximum Gasteiger partial charge on any atom is 0.339 e. The molecule has 0 unspecified atom stereocenters. The zero-order valence-corrected chi connectivity index (χ0v) is 16.1. The van der Waals surface area contributed by atoms with Gasteiger partial charge in [0.1, 0.15) is 11.3 Å². The minimum Gasteiger partial charge on any atom is -0.497 e. The Morgan fingerprint density at radius 3 is 2.75 bits per heavy atom. The molecule has 6 nitrogen and oxygen atoms in total. The first-order valence-corrected chi connectivity index (χ1v) is 9.07. The van der Waals surface area contributed by atoms with Gasteiger partial charge in [-0.05, 0) is 55.7 Å². The zero-order valence-electron chi connectivity index (χ0n) is 16.1. The Balaban J connectivity index is 1.75. The zero-order chi connectivity index (χ0) is 20.3. The average Bonchev–Trinajstić information content (AvgIpc) is 2.67. The highest BCUT2D eigenvalue weighted by atomic mass is 16.5. The average molecular weight is 381 g/mol. The van der Waals surface area contributed by atoms with Gasteiger partial charge in [0, 0.05) is 29.1 Å². The van der Waals surface area contributed by atoms with E-state index in [4.69, 9.17) is 9.15 Å². The van der Waals surface area contributed by atoms with Gasteiger partial charge in [0.15, 0.2) is 0 Å². The second-order valence-electron chi connectivity index (χ2n) is 6.70. The molecule has 0 aliphatic rings. The number of methoxy groups -OCH3 is 1. The van der Waals surface area contributed by atoms with E-state index < -0.39 is 11.7 Å². The number of carbonyl (C=O) groups excluding carboxylic acids is 1. The summed E-state index contributed by atoms with van der Waals surface area (Å²) in [5, 5.41) is 13.3. The number of ether oxygens (including phenoxy) is 1. The van der Waals surface area contributed by atoms with E-state index in [1.165, 1.54) is 0 Å². The number of fused-ring (bicyclic) bond motifs is 1. The third kappa shape index (κ3) is 4.23. The van der Waals surface area contributed by atoms with Crippen LogP contribution >= 0.6 is 0 Å². The van der Waals surface area contributed by atoms with Crippen LogP contribution in [0.3, 0.4) is 0 Å². The number of benzene rings is 2. The SMILES string of the molecule is COc1ccc2c(C)c(CCC(=O)Nc3cccc([C@H](C)O)c3)c(=O)oc2c1. The first-order chi connectivity index (χ1) is 13.4. The van der Waals surface area contributed by atoms with Gasteiger partial charge in [-0.1, -0.05) is 12.1 Å². The summed E-state index contributed by atoms with van der Waals surface area (Å²) in [6.07, 6.45) is -0.190. The van der Waals surface area contributed by atoms with Crippen molar-refractivity contribution >= 4 is 22.6 Å². The molecule has 28 heavy (non-hydrogen) atoms. The Morgan fingerprint density at radius 1 is 1.25 bits per heavy atom. The molecular formula is C22H23NO5. The van der Waals surface area contributed by atoms with Gasteiger partial charge in [0.05, 0.1) is 13.2 Å². The molecule has 0 spiro atoms. The first-order valence-electron chi connectivity index (χ1n) is 9.07. The molecule has 0 radical (unpaired) electrons. The predicted octanol–water partition coefficient (Wildman–Crippen LogP) is 3.73. The minimum absolute atomic E-state index is 0.145. The number of nitrogens with one attached hydrogen (secondary N) is 1. The molecule has 0 saturated carbocycles. The van der Waals surface area contributed by atoms with E-state index >= 15 is 0 Å². The molecule has 2 N–H and O–H groups in total. The fraction of sp³-hybridized carbons (Fsp3) is 0.273. The van der Waals surface area contributed by atoms with Crippen LogP contribution in [0.2, 0.25) is 0 Å². The van der Waals surface area contributed by atoms with Crippen LogP contribution in [0.5, 0.6) is 5.75 Å². The Hall–Kier alpha value is -3.12. The second-order valence-corrected chi connectivity index (χ2v) is 6.70.